The lowest BCUT2D eigenvalue weighted by atomic mass is 9.88. The molecule has 154 valence electrons. The van der Waals surface area contributed by atoms with Gasteiger partial charge in [-0.05, 0) is 68.2 Å². The molecular formula is C25H30FNO2. The van der Waals surface area contributed by atoms with Crippen LogP contribution in [0.15, 0.2) is 46.9 Å². The van der Waals surface area contributed by atoms with E-state index in [2.05, 4.69) is 4.90 Å². The maximum atomic E-state index is 13.2. The van der Waals surface area contributed by atoms with E-state index in [4.69, 9.17) is 4.42 Å². The topological polar surface area (TPSA) is 33.5 Å². The van der Waals surface area contributed by atoms with Gasteiger partial charge in [0.05, 0.1) is 0 Å². The summed E-state index contributed by atoms with van der Waals surface area (Å²) in [6, 6.07) is 10.7. The van der Waals surface area contributed by atoms with Crippen molar-refractivity contribution in [3.63, 3.8) is 0 Å². The van der Waals surface area contributed by atoms with Crippen molar-refractivity contribution in [3.05, 3.63) is 54.1 Å². The van der Waals surface area contributed by atoms with Crippen LogP contribution in [0.5, 0.6) is 0 Å². The Hall–Kier alpha value is -2.36. The van der Waals surface area contributed by atoms with Crippen LogP contribution in [0.4, 0.5) is 4.39 Å². The number of nitrogens with zero attached hydrogens (tertiary/aromatic N) is 1. The number of furan rings is 1. The molecule has 0 atom stereocenters. The molecule has 29 heavy (non-hydrogen) atoms. The number of amides is 1. The molecule has 3 nitrogen and oxygen atoms in total. The van der Waals surface area contributed by atoms with E-state index in [-0.39, 0.29) is 11.7 Å². The molecular weight excluding hydrogens is 365 g/mol. The quantitative estimate of drug-likeness (QED) is 0.535. The zero-order valence-electron chi connectivity index (χ0n) is 17.0. The van der Waals surface area contributed by atoms with Gasteiger partial charge in [0, 0.05) is 23.7 Å². The van der Waals surface area contributed by atoms with E-state index in [1.165, 1.54) is 50.7 Å². The van der Waals surface area contributed by atoms with E-state index in [9.17, 15) is 9.18 Å². The molecule has 0 N–H and O–H groups in total. The number of hydrogen-bond donors (Lipinski definition) is 0. The Morgan fingerprint density at radius 1 is 0.862 bits per heavy atom. The Balaban J connectivity index is 1.47. The summed E-state index contributed by atoms with van der Waals surface area (Å²) in [5.41, 5.74) is 0.823. The third-order valence-electron chi connectivity index (χ3n) is 6.34. The fourth-order valence-electron chi connectivity index (χ4n) is 4.83. The molecule has 0 spiro atoms. The summed E-state index contributed by atoms with van der Waals surface area (Å²) in [7, 11) is 0. The van der Waals surface area contributed by atoms with Gasteiger partial charge >= 0.3 is 0 Å². The van der Waals surface area contributed by atoms with E-state index in [1.807, 2.05) is 12.1 Å². The number of benzene rings is 1. The summed E-state index contributed by atoms with van der Waals surface area (Å²) >= 11 is 0. The summed E-state index contributed by atoms with van der Waals surface area (Å²) < 4.78 is 19.0. The maximum absolute atomic E-state index is 13.2. The number of rotatable bonds is 5. The van der Waals surface area contributed by atoms with Crippen molar-refractivity contribution in [2.24, 2.45) is 0 Å². The minimum Gasteiger partial charge on any atom is -0.457 e. The second kappa shape index (κ2) is 9.43. The first-order chi connectivity index (χ1) is 14.2. The average Bonchev–Trinajstić information content (AvgIpc) is 3.24. The van der Waals surface area contributed by atoms with Crippen molar-refractivity contribution >= 4 is 12.0 Å². The number of halogens is 1. The van der Waals surface area contributed by atoms with Crippen LogP contribution in [-0.2, 0) is 4.79 Å². The number of carbonyl (C=O) groups is 1. The third kappa shape index (κ3) is 4.98. The highest BCUT2D eigenvalue weighted by molar-refractivity contribution is 5.92. The molecule has 2 fully saturated rings. The first-order valence-electron chi connectivity index (χ1n) is 11.1. The Morgan fingerprint density at radius 3 is 2.03 bits per heavy atom. The van der Waals surface area contributed by atoms with Gasteiger partial charge in [0.1, 0.15) is 17.3 Å². The largest absolute Gasteiger partial charge is 0.457 e. The average molecular weight is 396 g/mol. The first-order valence-corrected chi connectivity index (χ1v) is 11.1. The highest BCUT2D eigenvalue weighted by Crippen LogP contribution is 2.31. The van der Waals surface area contributed by atoms with E-state index in [0.717, 1.165) is 31.2 Å². The van der Waals surface area contributed by atoms with Gasteiger partial charge in [-0.15, -0.1) is 0 Å². The smallest absolute Gasteiger partial charge is 0.247 e. The lowest BCUT2D eigenvalue weighted by Gasteiger charge is -2.41. The van der Waals surface area contributed by atoms with Crippen LogP contribution in [0, 0.1) is 5.82 Å². The minimum atomic E-state index is -0.267. The number of hydrogen-bond acceptors (Lipinski definition) is 2. The first kappa shape index (κ1) is 19.9. The summed E-state index contributed by atoms with van der Waals surface area (Å²) in [5.74, 6) is 1.17. The molecule has 1 amide bonds. The van der Waals surface area contributed by atoms with Crippen LogP contribution >= 0.6 is 0 Å². The molecule has 0 radical (unpaired) electrons. The van der Waals surface area contributed by atoms with E-state index < -0.39 is 0 Å². The molecule has 2 saturated carbocycles. The molecule has 4 rings (SSSR count). The van der Waals surface area contributed by atoms with Gasteiger partial charge in [-0.25, -0.2) is 4.39 Å². The van der Waals surface area contributed by atoms with Crippen LogP contribution in [0.3, 0.4) is 0 Å². The highest BCUT2D eigenvalue weighted by atomic mass is 19.1. The lowest BCUT2D eigenvalue weighted by Crippen LogP contribution is -2.48. The van der Waals surface area contributed by atoms with Crippen molar-refractivity contribution in [1.29, 1.82) is 0 Å². The zero-order chi connectivity index (χ0) is 20.1. The second-order valence-electron chi connectivity index (χ2n) is 8.37. The minimum absolute atomic E-state index is 0.114. The monoisotopic (exact) mass is 395 g/mol. The molecule has 0 aliphatic heterocycles. The molecule has 0 bridgehead atoms. The third-order valence-corrected chi connectivity index (χ3v) is 6.34. The Kier molecular flexibility index (Phi) is 6.48. The van der Waals surface area contributed by atoms with Gasteiger partial charge in [-0.1, -0.05) is 38.5 Å². The normalized spacial score (nSPS) is 18.9. The van der Waals surface area contributed by atoms with Crippen LogP contribution in [-0.4, -0.2) is 22.9 Å². The van der Waals surface area contributed by atoms with Gasteiger partial charge in [-0.2, -0.15) is 0 Å². The Morgan fingerprint density at radius 2 is 1.45 bits per heavy atom. The fourth-order valence-corrected chi connectivity index (χ4v) is 4.83. The summed E-state index contributed by atoms with van der Waals surface area (Å²) in [6.07, 6.45) is 15.5. The van der Waals surface area contributed by atoms with Gasteiger partial charge < -0.3 is 9.32 Å². The van der Waals surface area contributed by atoms with Crippen molar-refractivity contribution in [3.8, 4) is 11.3 Å². The molecule has 2 aliphatic carbocycles. The molecule has 1 aromatic heterocycles. The van der Waals surface area contributed by atoms with E-state index >= 15 is 0 Å². The lowest BCUT2D eigenvalue weighted by molar-refractivity contribution is -0.132. The molecule has 1 heterocycles. The summed E-state index contributed by atoms with van der Waals surface area (Å²) in [5, 5.41) is 0. The summed E-state index contributed by atoms with van der Waals surface area (Å²) in [4.78, 5) is 15.4. The molecule has 0 unspecified atom stereocenters. The predicted molar refractivity (Wildman–Crippen MR) is 114 cm³/mol. The van der Waals surface area contributed by atoms with Crippen LogP contribution in [0.25, 0.3) is 17.4 Å². The van der Waals surface area contributed by atoms with Crippen LogP contribution in [0.2, 0.25) is 0 Å². The molecule has 4 heteroatoms. The Bertz CT molecular complexity index is 809. The second-order valence-corrected chi connectivity index (χ2v) is 8.37. The molecule has 2 aromatic rings. The van der Waals surface area contributed by atoms with Gasteiger partial charge in [0.15, 0.2) is 0 Å². The predicted octanol–water partition coefficient (Wildman–Crippen LogP) is 6.59. The maximum Gasteiger partial charge on any atom is 0.247 e. The van der Waals surface area contributed by atoms with Gasteiger partial charge in [-0.3, -0.25) is 4.79 Å². The molecule has 0 saturated heterocycles. The van der Waals surface area contributed by atoms with Crippen molar-refractivity contribution in [1.82, 2.24) is 4.90 Å². The van der Waals surface area contributed by atoms with Crippen molar-refractivity contribution in [2.45, 2.75) is 76.3 Å². The van der Waals surface area contributed by atoms with Gasteiger partial charge in [0.2, 0.25) is 5.91 Å². The Labute approximate surface area is 172 Å². The number of carbonyl (C=O) groups excluding carboxylic acids is 1. The van der Waals surface area contributed by atoms with Crippen LogP contribution in [0.1, 0.15) is 70.0 Å². The van der Waals surface area contributed by atoms with E-state index in [1.54, 1.807) is 24.3 Å². The standard InChI is InChI=1S/C25H30FNO2/c26-20-13-11-19(12-14-20)24-17-15-23(29-24)16-18-25(28)27(21-7-3-1-4-8-21)22-9-5-2-6-10-22/h11-18,21-22H,1-10H2. The highest BCUT2D eigenvalue weighted by Gasteiger charge is 2.31. The molecule has 1 aromatic carbocycles. The van der Waals surface area contributed by atoms with E-state index in [0.29, 0.717) is 23.6 Å². The van der Waals surface area contributed by atoms with Crippen molar-refractivity contribution < 1.29 is 13.6 Å². The molecule has 2 aliphatic rings. The zero-order valence-corrected chi connectivity index (χ0v) is 17.0. The van der Waals surface area contributed by atoms with Gasteiger partial charge in [0.25, 0.3) is 0 Å². The van der Waals surface area contributed by atoms with Crippen LogP contribution < -0.4 is 0 Å². The SMILES string of the molecule is O=C(C=Cc1ccc(-c2ccc(F)cc2)o1)N(C1CCCCC1)C1CCCCC1. The van der Waals surface area contributed by atoms with Crippen molar-refractivity contribution in [2.75, 3.05) is 0 Å². The summed E-state index contributed by atoms with van der Waals surface area (Å²) in [6.45, 7) is 0. The fraction of sp³-hybridized carbons (Fsp3) is 0.480.